The van der Waals surface area contributed by atoms with Crippen molar-refractivity contribution in [1.82, 2.24) is 14.5 Å². The Morgan fingerprint density at radius 3 is 2.60 bits per heavy atom. The van der Waals surface area contributed by atoms with Gasteiger partial charge in [-0.25, -0.2) is 14.4 Å². The molecule has 0 fully saturated rings. The van der Waals surface area contributed by atoms with Crippen LogP contribution in [0.25, 0.3) is 22.6 Å². The normalized spacial score (nSPS) is 13.4. The standard InChI is InChI=1S/C16H13F4N3OS/c1-3-25(24)13-7-10(17)4-5-11(13)14-22-12-6-9(16(18,19)20)8-21-15(12)23(14)2/h4-8H,3H2,1-2H3. The fraction of sp³-hybridized carbons (Fsp3) is 0.250. The van der Waals surface area contributed by atoms with E-state index in [2.05, 4.69) is 9.97 Å². The zero-order valence-corrected chi connectivity index (χ0v) is 14.1. The van der Waals surface area contributed by atoms with Crippen LogP contribution in [-0.2, 0) is 24.4 Å². The molecule has 3 aromatic rings. The van der Waals surface area contributed by atoms with E-state index < -0.39 is 28.7 Å². The Hall–Kier alpha value is -2.13. The highest BCUT2D eigenvalue weighted by Crippen LogP contribution is 2.33. The van der Waals surface area contributed by atoms with E-state index in [1.807, 2.05) is 0 Å². The van der Waals surface area contributed by atoms with Gasteiger partial charge in [-0.15, -0.1) is 0 Å². The van der Waals surface area contributed by atoms with Crippen LogP contribution in [0.4, 0.5) is 17.6 Å². The van der Waals surface area contributed by atoms with E-state index >= 15 is 0 Å². The lowest BCUT2D eigenvalue weighted by Gasteiger charge is -2.12. The molecule has 0 saturated carbocycles. The lowest BCUT2D eigenvalue weighted by Crippen LogP contribution is -2.08. The minimum absolute atomic E-state index is 0.0601. The van der Waals surface area contributed by atoms with Crippen molar-refractivity contribution in [1.29, 1.82) is 0 Å². The van der Waals surface area contributed by atoms with Crippen molar-refractivity contribution >= 4 is 22.3 Å². The van der Waals surface area contributed by atoms with E-state index in [1.54, 1.807) is 14.0 Å². The molecule has 3 rings (SSSR count). The minimum atomic E-state index is -4.52. The third-order valence-corrected chi connectivity index (χ3v) is 5.08. The summed E-state index contributed by atoms with van der Waals surface area (Å²) < 4.78 is 65.8. The Bertz CT molecular complexity index is 939. The van der Waals surface area contributed by atoms with E-state index in [1.165, 1.54) is 16.7 Å². The molecule has 4 nitrogen and oxygen atoms in total. The minimum Gasteiger partial charge on any atom is -0.611 e. The molecule has 0 radical (unpaired) electrons. The second-order valence-electron chi connectivity index (χ2n) is 5.33. The summed E-state index contributed by atoms with van der Waals surface area (Å²) in [7, 11) is 1.59. The molecule has 9 heteroatoms. The van der Waals surface area contributed by atoms with Crippen molar-refractivity contribution in [3.63, 3.8) is 0 Å². The Balaban J connectivity index is 2.22. The number of rotatable bonds is 3. The summed E-state index contributed by atoms with van der Waals surface area (Å²) in [6.45, 7) is 1.69. The molecule has 0 aliphatic rings. The first-order valence-electron chi connectivity index (χ1n) is 7.30. The number of nitrogens with zero attached hydrogens (tertiary/aromatic N) is 3. The van der Waals surface area contributed by atoms with E-state index in [4.69, 9.17) is 0 Å². The smallest absolute Gasteiger partial charge is 0.417 e. The van der Waals surface area contributed by atoms with E-state index in [9.17, 15) is 22.1 Å². The van der Waals surface area contributed by atoms with Crippen LogP contribution >= 0.6 is 0 Å². The predicted molar refractivity (Wildman–Crippen MR) is 85.9 cm³/mol. The largest absolute Gasteiger partial charge is 0.611 e. The van der Waals surface area contributed by atoms with Gasteiger partial charge >= 0.3 is 6.18 Å². The Labute approximate surface area is 143 Å². The van der Waals surface area contributed by atoms with E-state index in [0.29, 0.717) is 5.56 Å². The monoisotopic (exact) mass is 371 g/mol. The lowest BCUT2D eigenvalue weighted by molar-refractivity contribution is -0.137. The average Bonchev–Trinajstić information content (AvgIpc) is 2.89. The topological polar surface area (TPSA) is 53.8 Å². The number of hydrogen-bond acceptors (Lipinski definition) is 3. The van der Waals surface area contributed by atoms with Gasteiger partial charge in [-0.2, -0.15) is 13.2 Å². The van der Waals surface area contributed by atoms with Crippen molar-refractivity contribution in [2.75, 3.05) is 5.75 Å². The molecule has 0 saturated heterocycles. The molecular formula is C16H13F4N3OS. The molecule has 1 aromatic carbocycles. The number of fused-ring (bicyclic) bond motifs is 1. The number of aromatic nitrogens is 3. The molecule has 2 aromatic heterocycles. The van der Waals surface area contributed by atoms with Gasteiger partial charge in [-0.3, -0.25) is 0 Å². The van der Waals surface area contributed by atoms with Crippen molar-refractivity contribution in [2.45, 2.75) is 18.0 Å². The van der Waals surface area contributed by atoms with Gasteiger partial charge in [0.2, 0.25) is 0 Å². The zero-order chi connectivity index (χ0) is 18.4. The van der Waals surface area contributed by atoms with Crippen LogP contribution in [0.15, 0.2) is 35.4 Å². The zero-order valence-electron chi connectivity index (χ0n) is 13.3. The number of benzene rings is 1. The second-order valence-corrected chi connectivity index (χ2v) is 7.04. The first-order chi connectivity index (χ1) is 11.7. The van der Waals surface area contributed by atoms with Gasteiger partial charge in [-0.1, -0.05) is 0 Å². The molecule has 0 spiro atoms. The van der Waals surface area contributed by atoms with Crippen LogP contribution in [0.5, 0.6) is 0 Å². The van der Waals surface area contributed by atoms with Crippen LogP contribution in [0, 0.1) is 5.82 Å². The Morgan fingerprint density at radius 2 is 1.96 bits per heavy atom. The fourth-order valence-electron chi connectivity index (χ4n) is 2.50. The van der Waals surface area contributed by atoms with Crippen molar-refractivity contribution in [3.8, 4) is 11.4 Å². The third-order valence-electron chi connectivity index (χ3n) is 3.73. The van der Waals surface area contributed by atoms with Crippen molar-refractivity contribution in [3.05, 3.63) is 41.8 Å². The van der Waals surface area contributed by atoms with Gasteiger partial charge in [0, 0.05) is 19.3 Å². The van der Waals surface area contributed by atoms with Crippen LogP contribution in [-0.4, -0.2) is 24.8 Å². The highest BCUT2D eigenvalue weighted by Gasteiger charge is 2.32. The van der Waals surface area contributed by atoms with Gasteiger partial charge in [0.05, 0.1) is 11.1 Å². The maximum absolute atomic E-state index is 13.5. The molecule has 1 atom stereocenters. The number of halogens is 4. The number of alkyl halides is 3. The van der Waals surface area contributed by atoms with Crippen LogP contribution in [0.1, 0.15) is 12.5 Å². The number of hydrogen-bond donors (Lipinski definition) is 0. The number of imidazole rings is 1. The fourth-order valence-corrected chi connectivity index (χ4v) is 3.46. The third kappa shape index (κ3) is 3.21. The van der Waals surface area contributed by atoms with E-state index in [0.717, 1.165) is 18.3 Å². The molecule has 0 aliphatic heterocycles. The molecule has 2 heterocycles. The van der Waals surface area contributed by atoms with E-state index in [-0.39, 0.29) is 27.6 Å². The van der Waals surface area contributed by atoms with Crippen molar-refractivity contribution < 1.29 is 22.1 Å². The predicted octanol–water partition coefficient (Wildman–Crippen LogP) is 3.92. The van der Waals surface area contributed by atoms with Crippen LogP contribution in [0.3, 0.4) is 0 Å². The first kappa shape index (κ1) is 17.7. The van der Waals surface area contributed by atoms with Crippen LogP contribution in [0.2, 0.25) is 0 Å². The molecule has 0 bridgehead atoms. The van der Waals surface area contributed by atoms with Gasteiger partial charge < -0.3 is 9.12 Å². The quantitative estimate of drug-likeness (QED) is 0.518. The molecule has 0 amide bonds. The Morgan fingerprint density at radius 1 is 1.24 bits per heavy atom. The average molecular weight is 371 g/mol. The molecule has 1 unspecified atom stereocenters. The van der Waals surface area contributed by atoms with Gasteiger partial charge in [0.15, 0.2) is 10.5 Å². The summed E-state index contributed by atoms with van der Waals surface area (Å²) in [5.74, 6) is 0.00654. The summed E-state index contributed by atoms with van der Waals surface area (Å²) >= 11 is -1.45. The molecule has 132 valence electrons. The van der Waals surface area contributed by atoms with Crippen molar-refractivity contribution in [2.24, 2.45) is 7.05 Å². The summed E-state index contributed by atoms with van der Waals surface area (Å²) in [4.78, 5) is 8.29. The highest BCUT2D eigenvalue weighted by atomic mass is 32.2. The van der Waals surface area contributed by atoms with Gasteiger partial charge in [0.1, 0.15) is 22.9 Å². The maximum Gasteiger partial charge on any atom is 0.417 e. The first-order valence-corrected chi connectivity index (χ1v) is 8.62. The SMILES string of the molecule is CC[S+]([O-])c1cc(F)ccc1-c1nc2cc(C(F)(F)F)cnc2n1C. The lowest BCUT2D eigenvalue weighted by atomic mass is 10.2. The molecule has 25 heavy (non-hydrogen) atoms. The highest BCUT2D eigenvalue weighted by molar-refractivity contribution is 7.91. The number of pyridine rings is 1. The molecule has 0 aliphatic carbocycles. The summed E-state index contributed by atoms with van der Waals surface area (Å²) in [5, 5.41) is 0. The number of aryl methyl sites for hydroxylation is 1. The van der Waals surface area contributed by atoms with Gasteiger partial charge in [-0.05, 0) is 36.3 Å². The molecule has 0 N–H and O–H groups in total. The second kappa shape index (κ2) is 6.30. The van der Waals surface area contributed by atoms with Gasteiger partial charge in [0.25, 0.3) is 0 Å². The summed E-state index contributed by atoms with van der Waals surface area (Å²) in [6.07, 6.45) is -3.78. The maximum atomic E-state index is 13.5. The summed E-state index contributed by atoms with van der Waals surface area (Å²) in [6, 6.07) is 4.68. The summed E-state index contributed by atoms with van der Waals surface area (Å²) in [5.41, 5.74) is -0.192. The Kier molecular flexibility index (Phi) is 4.46. The van der Waals surface area contributed by atoms with Crippen LogP contribution < -0.4 is 0 Å². The molecular weight excluding hydrogens is 358 g/mol.